The highest BCUT2D eigenvalue weighted by molar-refractivity contribution is 5.96. The van der Waals surface area contributed by atoms with Gasteiger partial charge in [-0.1, -0.05) is 17.2 Å². The minimum Gasteiger partial charge on any atom is -0.481 e. The zero-order chi connectivity index (χ0) is 17.2. The molecule has 124 valence electrons. The number of carbonyl (C=O) groups is 3. The molecule has 0 spiro atoms. The largest absolute Gasteiger partial charge is 0.481 e. The highest BCUT2D eigenvalue weighted by atomic mass is 16.4. The van der Waals surface area contributed by atoms with Crippen molar-refractivity contribution >= 4 is 17.8 Å². The lowest BCUT2D eigenvalue weighted by Crippen LogP contribution is -2.41. The van der Waals surface area contributed by atoms with Gasteiger partial charge in [0.1, 0.15) is 0 Å². The number of hydrogen-bond acceptors (Lipinski definition) is 3. The maximum Gasteiger partial charge on any atom is 0.311 e. The summed E-state index contributed by atoms with van der Waals surface area (Å²) in [5, 5.41) is 11.8. The number of carboxylic acids is 1. The first kappa shape index (κ1) is 17.0. The van der Waals surface area contributed by atoms with E-state index in [4.69, 9.17) is 0 Å². The highest BCUT2D eigenvalue weighted by Crippen LogP contribution is 2.29. The van der Waals surface area contributed by atoms with Gasteiger partial charge in [0.2, 0.25) is 5.91 Å². The molecular formula is C17H22N2O4. The fourth-order valence-corrected chi connectivity index (χ4v) is 2.82. The van der Waals surface area contributed by atoms with E-state index in [0.717, 1.165) is 11.1 Å². The van der Waals surface area contributed by atoms with E-state index in [2.05, 4.69) is 5.32 Å². The van der Waals surface area contributed by atoms with Gasteiger partial charge in [-0.15, -0.1) is 0 Å². The summed E-state index contributed by atoms with van der Waals surface area (Å²) in [4.78, 5) is 37.0. The van der Waals surface area contributed by atoms with Crippen LogP contribution < -0.4 is 5.32 Å². The van der Waals surface area contributed by atoms with E-state index in [9.17, 15) is 19.5 Å². The predicted molar refractivity (Wildman–Crippen MR) is 85.2 cm³/mol. The molecule has 0 radical (unpaired) electrons. The van der Waals surface area contributed by atoms with Crippen LogP contribution in [-0.4, -0.2) is 47.4 Å². The molecule has 0 bridgehead atoms. The molecule has 1 fully saturated rings. The molecule has 0 aliphatic carbocycles. The molecule has 0 aromatic heterocycles. The molecule has 1 aromatic rings. The number of carboxylic acid groups (broad SMARTS) is 1. The molecule has 1 heterocycles. The number of nitrogens with zero attached hydrogens (tertiary/aromatic N) is 1. The van der Waals surface area contributed by atoms with Crippen molar-refractivity contribution in [2.24, 2.45) is 5.41 Å². The number of amides is 2. The van der Waals surface area contributed by atoms with Gasteiger partial charge in [-0.3, -0.25) is 14.4 Å². The summed E-state index contributed by atoms with van der Waals surface area (Å²) < 4.78 is 0. The molecule has 0 saturated carbocycles. The summed E-state index contributed by atoms with van der Waals surface area (Å²) in [6.45, 7) is 5.91. The Morgan fingerprint density at radius 1 is 1.22 bits per heavy atom. The van der Waals surface area contributed by atoms with Gasteiger partial charge in [0.05, 0.1) is 12.0 Å². The Bertz CT molecular complexity index is 636. The Morgan fingerprint density at radius 3 is 2.35 bits per heavy atom. The van der Waals surface area contributed by atoms with Crippen LogP contribution in [0.15, 0.2) is 18.2 Å². The van der Waals surface area contributed by atoms with Crippen LogP contribution in [0.4, 0.5) is 0 Å². The molecule has 1 atom stereocenters. The van der Waals surface area contributed by atoms with Crippen molar-refractivity contribution in [3.05, 3.63) is 34.9 Å². The first-order valence-electron chi connectivity index (χ1n) is 7.59. The van der Waals surface area contributed by atoms with Crippen molar-refractivity contribution in [3.8, 4) is 0 Å². The molecule has 1 saturated heterocycles. The van der Waals surface area contributed by atoms with Gasteiger partial charge >= 0.3 is 5.97 Å². The van der Waals surface area contributed by atoms with E-state index < -0.39 is 11.4 Å². The van der Waals surface area contributed by atoms with E-state index in [1.807, 2.05) is 19.9 Å². The second kappa shape index (κ2) is 6.40. The van der Waals surface area contributed by atoms with Crippen LogP contribution >= 0.6 is 0 Å². The van der Waals surface area contributed by atoms with E-state index >= 15 is 0 Å². The maximum atomic E-state index is 12.1. The minimum absolute atomic E-state index is 0.123. The monoisotopic (exact) mass is 318 g/mol. The summed E-state index contributed by atoms with van der Waals surface area (Å²) in [5.41, 5.74) is 1.59. The molecule has 2 amide bonds. The van der Waals surface area contributed by atoms with Gasteiger partial charge in [0.15, 0.2) is 0 Å². The molecule has 6 nitrogen and oxygen atoms in total. The average Bonchev–Trinajstić information content (AvgIpc) is 2.87. The van der Waals surface area contributed by atoms with Crippen LogP contribution in [0.25, 0.3) is 0 Å². The SMILES string of the molecule is Cc1cc(C)cc(C(=O)NCC(=O)N2CCC(C)(C(=O)O)C2)c1. The first-order chi connectivity index (χ1) is 10.7. The molecule has 1 aliphatic rings. The Morgan fingerprint density at radius 2 is 1.83 bits per heavy atom. The van der Waals surface area contributed by atoms with Crippen molar-refractivity contribution in [1.82, 2.24) is 10.2 Å². The number of benzene rings is 1. The van der Waals surface area contributed by atoms with E-state index in [1.165, 1.54) is 4.90 Å². The van der Waals surface area contributed by atoms with Crippen LogP contribution in [0.5, 0.6) is 0 Å². The van der Waals surface area contributed by atoms with Crippen molar-refractivity contribution in [3.63, 3.8) is 0 Å². The van der Waals surface area contributed by atoms with Crippen LogP contribution in [0.2, 0.25) is 0 Å². The van der Waals surface area contributed by atoms with Gasteiger partial charge in [-0.2, -0.15) is 0 Å². The van der Waals surface area contributed by atoms with Gasteiger partial charge in [-0.05, 0) is 39.3 Å². The van der Waals surface area contributed by atoms with E-state index in [-0.39, 0.29) is 24.9 Å². The lowest BCUT2D eigenvalue weighted by molar-refractivity contribution is -0.147. The molecule has 1 aromatic carbocycles. The molecule has 2 rings (SSSR count). The summed E-state index contributed by atoms with van der Waals surface area (Å²) in [6, 6.07) is 5.51. The molecule has 2 N–H and O–H groups in total. The average molecular weight is 318 g/mol. The maximum absolute atomic E-state index is 12.1. The Kier molecular flexibility index (Phi) is 4.73. The number of hydrogen-bond donors (Lipinski definition) is 2. The van der Waals surface area contributed by atoms with Crippen LogP contribution in [0.1, 0.15) is 34.8 Å². The van der Waals surface area contributed by atoms with E-state index in [0.29, 0.717) is 18.5 Å². The number of carbonyl (C=O) groups excluding carboxylic acids is 2. The zero-order valence-electron chi connectivity index (χ0n) is 13.7. The zero-order valence-corrected chi connectivity index (χ0v) is 13.7. The van der Waals surface area contributed by atoms with Gasteiger partial charge in [-0.25, -0.2) is 0 Å². The Hall–Kier alpha value is -2.37. The number of aliphatic carboxylic acids is 1. The molecule has 23 heavy (non-hydrogen) atoms. The number of likely N-dealkylation sites (tertiary alicyclic amines) is 1. The summed E-state index contributed by atoms with van der Waals surface area (Å²) in [6.07, 6.45) is 0.430. The van der Waals surface area contributed by atoms with E-state index in [1.54, 1.807) is 19.1 Å². The summed E-state index contributed by atoms with van der Waals surface area (Å²) in [7, 11) is 0. The number of rotatable bonds is 4. The molecule has 6 heteroatoms. The molecule has 1 unspecified atom stereocenters. The third-order valence-electron chi connectivity index (χ3n) is 4.23. The number of nitrogens with one attached hydrogen (secondary N) is 1. The second-order valence-corrected chi connectivity index (χ2v) is 6.49. The lowest BCUT2D eigenvalue weighted by atomic mass is 9.90. The summed E-state index contributed by atoms with van der Waals surface area (Å²) >= 11 is 0. The Balaban J connectivity index is 1.92. The fourth-order valence-electron chi connectivity index (χ4n) is 2.82. The van der Waals surface area contributed by atoms with Crippen LogP contribution in [0.3, 0.4) is 0 Å². The van der Waals surface area contributed by atoms with Gasteiger partial charge in [0.25, 0.3) is 5.91 Å². The normalized spacial score (nSPS) is 20.4. The molecular weight excluding hydrogens is 296 g/mol. The first-order valence-corrected chi connectivity index (χ1v) is 7.59. The van der Waals surface area contributed by atoms with Crippen molar-refractivity contribution in [2.75, 3.05) is 19.6 Å². The lowest BCUT2D eigenvalue weighted by Gasteiger charge is -2.20. The van der Waals surface area contributed by atoms with Crippen molar-refractivity contribution in [2.45, 2.75) is 27.2 Å². The Labute approximate surface area is 135 Å². The van der Waals surface area contributed by atoms with Crippen molar-refractivity contribution < 1.29 is 19.5 Å². The summed E-state index contributed by atoms with van der Waals surface area (Å²) in [5.74, 6) is -1.45. The third-order valence-corrected chi connectivity index (χ3v) is 4.23. The number of aryl methyl sites for hydroxylation is 2. The van der Waals surface area contributed by atoms with Crippen LogP contribution in [0, 0.1) is 19.3 Å². The van der Waals surface area contributed by atoms with Crippen molar-refractivity contribution in [1.29, 1.82) is 0 Å². The van der Waals surface area contributed by atoms with Gasteiger partial charge in [0, 0.05) is 18.7 Å². The van der Waals surface area contributed by atoms with Crippen LogP contribution in [-0.2, 0) is 9.59 Å². The predicted octanol–water partition coefficient (Wildman–Crippen LogP) is 1.36. The molecule has 1 aliphatic heterocycles. The quantitative estimate of drug-likeness (QED) is 0.877. The minimum atomic E-state index is -0.896. The third kappa shape index (κ3) is 3.88. The van der Waals surface area contributed by atoms with Gasteiger partial charge < -0.3 is 15.3 Å². The smallest absolute Gasteiger partial charge is 0.311 e. The highest BCUT2D eigenvalue weighted by Gasteiger charge is 2.41. The standard InChI is InChI=1S/C17H22N2O4/c1-11-6-12(2)8-13(7-11)15(21)18-9-14(20)19-5-4-17(3,10-19)16(22)23/h6-8H,4-5,9-10H2,1-3H3,(H,18,21)(H,22,23). The fraction of sp³-hybridized carbons (Fsp3) is 0.471. The topological polar surface area (TPSA) is 86.7 Å². The second-order valence-electron chi connectivity index (χ2n) is 6.49.